The van der Waals surface area contributed by atoms with Gasteiger partial charge in [0.2, 0.25) is 0 Å². The maximum Gasteiger partial charge on any atom is 0.139 e. The van der Waals surface area contributed by atoms with Gasteiger partial charge in [0.05, 0.1) is 15.0 Å². The van der Waals surface area contributed by atoms with Crippen LogP contribution in [-0.2, 0) is 0 Å². The molecule has 0 bridgehead atoms. The summed E-state index contributed by atoms with van der Waals surface area (Å²) < 4.78 is 13.6. The Morgan fingerprint density at radius 1 is 1.43 bits per heavy atom. The van der Waals surface area contributed by atoms with Crippen molar-refractivity contribution >= 4 is 38.4 Å². The number of halogens is 3. The van der Waals surface area contributed by atoms with Gasteiger partial charge in [-0.25, -0.2) is 4.39 Å². The molecule has 0 aliphatic heterocycles. The summed E-state index contributed by atoms with van der Waals surface area (Å²) in [4.78, 5) is 4.10. The fourth-order valence-electron chi connectivity index (χ4n) is 1.25. The van der Waals surface area contributed by atoms with Gasteiger partial charge in [-0.05, 0) is 34.5 Å². The van der Waals surface area contributed by atoms with Crippen LogP contribution in [0, 0.1) is 12.7 Å². The van der Waals surface area contributed by atoms with E-state index in [2.05, 4.69) is 20.9 Å². The molecule has 2 rings (SSSR count). The van der Waals surface area contributed by atoms with Gasteiger partial charge >= 0.3 is 0 Å². The van der Waals surface area contributed by atoms with Crippen LogP contribution in [0.4, 0.5) is 4.39 Å². The molecule has 72 valence electrons. The van der Waals surface area contributed by atoms with E-state index in [1.54, 1.807) is 12.3 Å². The van der Waals surface area contributed by atoms with Crippen molar-refractivity contribution in [3.05, 3.63) is 39.2 Å². The van der Waals surface area contributed by atoms with Crippen LogP contribution < -0.4 is 0 Å². The number of hydrogen-bond donors (Lipinski definition) is 0. The minimum absolute atomic E-state index is 0.329. The van der Waals surface area contributed by atoms with E-state index < -0.39 is 0 Å². The van der Waals surface area contributed by atoms with E-state index in [-0.39, 0.29) is 5.82 Å². The largest absolute Gasteiger partial charge is 0.256 e. The van der Waals surface area contributed by atoms with E-state index >= 15 is 0 Å². The van der Waals surface area contributed by atoms with E-state index in [1.165, 1.54) is 6.07 Å². The van der Waals surface area contributed by atoms with Crippen molar-refractivity contribution in [2.45, 2.75) is 6.92 Å². The molecule has 4 heteroatoms. The summed E-state index contributed by atoms with van der Waals surface area (Å²) in [5.41, 5.74) is 1.46. The first-order chi connectivity index (χ1) is 6.59. The quantitative estimate of drug-likeness (QED) is 0.705. The first-order valence-electron chi connectivity index (χ1n) is 3.99. The normalized spacial score (nSPS) is 10.9. The fraction of sp³-hybridized carbons (Fsp3) is 0.100. The highest BCUT2D eigenvalue weighted by Gasteiger charge is 2.07. The van der Waals surface area contributed by atoms with Crippen molar-refractivity contribution < 1.29 is 4.39 Å². The fourth-order valence-corrected chi connectivity index (χ4v) is 1.80. The van der Waals surface area contributed by atoms with Crippen LogP contribution in [0.15, 0.2) is 22.8 Å². The molecule has 0 amide bonds. The van der Waals surface area contributed by atoms with Gasteiger partial charge in [0.25, 0.3) is 0 Å². The molecule has 1 aromatic carbocycles. The highest BCUT2D eigenvalue weighted by molar-refractivity contribution is 9.10. The molecule has 0 saturated heterocycles. The molecule has 0 saturated carbocycles. The summed E-state index contributed by atoms with van der Waals surface area (Å²) in [6, 6.07) is 3.01. The van der Waals surface area contributed by atoms with E-state index in [1.807, 2.05) is 6.92 Å². The highest BCUT2D eigenvalue weighted by atomic mass is 79.9. The Bertz CT molecular complexity index is 513. The molecule has 0 aliphatic carbocycles. The number of pyridine rings is 1. The molecule has 0 atom stereocenters. The number of hydrogen-bond acceptors (Lipinski definition) is 1. The van der Waals surface area contributed by atoms with Crippen LogP contribution in [-0.4, -0.2) is 4.98 Å². The lowest BCUT2D eigenvalue weighted by Crippen LogP contribution is -1.86. The van der Waals surface area contributed by atoms with Gasteiger partial charge in [0.1, 0.15) is 5.82 Å². The monoisotopic (exact) mass is 273 g/mol. The molecule has 1 heterocycles. The molecule has 0 unspecified atom stereocenters. The summed E-state index contributed by atoms with van der Waals surface area (Å²) in [6.07, 6.45) is 1.64. The summed E-state index contributed by atoms with van der Waals surface area (Å²) in [5, 5.41) is 1.38. The molecule has 0 aliphatic rings. The molecule has 1 nitrogen and oxygen atoms in total. The van der Waals surface area contributed by atoms with Gasteiger partial charge in [-0.3, -0.25) is 4.98 Å². The SMILES string of the molecule is Cc1cnc2cc(F)c(Br)cc2c1Cl. The first kappa shape index (κ1) is 9.87. The molecule has 2 aromatic rings. The lowest BCUT2D eigenvalue weighted by atomic mass is 10.2. The highest BCUT2D eigenvalue weighted by Crippen LogP contribution is 2.29. The third kappa shape index (κ3) is 1.51. The first-order valence-corrected chi connectivity index (χ1v) is 5.16. The van der Waals surface area contributed by atoms with E-state index in [4.69, 9.17) is 11.6 Å². The van der Waals surface area contributed by atoms with Gasteiger partial charge in [-0.1, -0.05) is 11.6 Å². The second-order valence-corrected chi connectivity index (χ2v) is 4.27. The van der Waals surface area contributed by atoms with Crippen molar-refractivity contribution in [3.8, 4) is 0 Å². The third-order valence-electron chi connectivity index (χ3n) is 2.02. The standard InChI is InChI=1S/C10H6BrClFN/c1-5-4-14-9-3-8(13)7(11)2-6(9)10(5)12/h2-4H,1H3. The van der Waals surface area contributed by atoms with Crippen LogP contribution in [0.2, 0.25) is 5.02 Å². The lowest BCUT2D eigenvalue weighted by Gasteiger charge is -2.04. The molecule has 14 heavy (non-hydrogen) atoms. The average Bonchev–Trinajstić information content (AvgIpc) is 2.15. The second kappa shape index (κ2) is 3.48. The van der Waals surface area contributed by atoms with Crippen LogP contribution in [0.5, 0.6) is 0 Å². The third-order valence-corrected chi connectivity index (χ3v) is 3.13. The molecule has 0 fully saturated rings. The molecular formula is C10H6BrClFN. The molecule has 0 radical (unpaired) electrons. The maximum atomic E-state index is 13.2. The van der Waals surface area contributed by atoms with Crippen molar-refractivity contribution in [2.75, 3.05) is 0 Å². The zero-order valence-corrected chi connectivity index (χ0v) is 9.66. The van der Waals surface area contributed by atoms with E-state index in [0.717, 1.165) is 10.9 Å². The zero-order chi connectivity index (χ0) is 10.3. The Hall–Kier alpha value is -0.670. The van der Waals surface area contributed by atoms with E-state index in [0.29, 0.717) is 15.0 Å². The van der Waals surface area contributed by atoms with Gasteiger partial charge < -0.3 is 0 Å². The predicted molar refractivity (Wildman–Crippen MR) is 59.1 cm³/mol. The topological polar surface area (TPSA) is 12.9 Å². The Kier molecular flexibility index (Phi) is 2.45. The molecule has 0 N–H and O–H groups in total. The number of rotatable bonds is 0. The Balaban J connectivity index is 2.89. The maximum absolute atomic E-state index is 13.2. The van der Waals surface area contributed by atoms with Crippen LogP contribution in [0.1, 0.15) is 5.56 Å². The number of nitrogens with zero attached hydrogens (tertiary/aromatic N) is 1. The van der Waals surface area contributed by atoms with E-state index in [9.17, 15) is 4.39 Å². The Morgan fingerprint density at radius 2 is 2.14 bits per heavy atom. The minimum Gasteiger partial charge on any atom is -0.256 e. The van der Waals surface area contributed by atoms with Gasteiger partial charge in [0, 0.05) is 17.6 Å². The smallest absolute Gasteiger partial charge is 0.139 e. The zero-order valence-electron chi connectivity index (χ0n) is 7.31. The van der Waals surface area contributed by atoms with Crippen molar-refractivity contribution in [2.24, 2.45) is 0 Å². The van der Waals surface area contributed by atoms with Crippen molar-refractivity contribution in [1.82, 2.24) is 4.98 Å². The summed E-state index contributed by atoms with van der Waals surface area (Å²) in [6.45, 7) is 1.87. The predicted octanol–water partition coefficient (Wildman–Crippen LogP) is 4.10. The average molecular weight is 275 g/mol. The number of aryl methyl sites for hydroxylation is 1. The lowest BCUT2D eigenvalue weighted by molar-refractivity contribution is 0.623. The number of benzene rings is 1. The van der Waals surface area contributed by atoms with Crippen molar-refractivity contribution in [3.63, 3.8) is 0 Å². The van der Waals surface area contributed by atoms with Gasteiger partial charge in [0.15, 0.2) is 0 Å². The Labute approximate surface area is 94.0 Å². The molecule has 0 spiro atoms. The van der Waals surface area contributed by atoms with Crippen molar-refractivity contribution in [1.29, 1.82) is 0 Å². The number of aromatic nitrogens is 1. The van der Waals surface area contributed by atoms with Gasteiger partial charge in [-0.2, -0.15) is 0 Å². The van der Waals surface area contributed by atoms with Crippen LogP contribution >= 0.6 is 27.5 Å². The summed E-state index contributed by atoms with van der Waals surface area (Å²) in [7, 11) is 0. The van der Waals surface area contributed by atoms with Crippen LogP contribution in [0.3, 0.4) is 0 Å². The number of fused-ring (bicyclic) bond motifs is 1. The molecular weight excluding hydrogens is 268 g/mol. The van der Waals surface area contributed by atoms with Gasteiger partial charge in [-0.15, -0.1) is 0 Å². The second-order valence-electron chi connectivity index (χ2n) is 3.04. The summed E-state index contributed by atoms with van der Waals surface area (Å²) >= 11 is 9.18. The van der Waals surface area contributed by atoms with Crippen LogP contribution in [0.25, 0.3) is 10.9 Å². The Morgan fingerprint density at radius 3 is 2.86 bits per heavy atom. The minimum atomic E-state index is -0.329. The summed E-state index contributed by atoms with van der Waals surface area (Å²) in [5.74, 6) is -0.329. The molecule has 1 aromatic heterocycles.